The predicted molar refractivity (Wildman–Crippen MR) is 143 cm³/mol. The number of carbonyl (C=O) groups excluding carboxylic acids is 1. The number of para-hydroxylation sites is 5. The van der Waals surface area contributed by atoms with Gasteiger partial charge in [-0.15, -0.1) is 0 Å². The van der Waals surface area contributed by atoms with E-state index in [0.717, 1.165) is 59.9 Å². The zero-order chi connectivity index (χ0) is 24.9. The van der Waals surface area contributed by atoms with Crippen molar-refractivity contribution in [3.05, 3.63) is 84.2 Å². The summed E-state index contributed by atoms with van der Waals surface area (Å²) in [5, 5.41) is 0. The maximum atomic E-state index is 13.1. The Hall–Kier alpha value is -3.51. The average molecular weight is 519 g/mol. The number of unbranched alkanes of at least 4 members (excludes halogenated alkanes) is 1. The summed E-state index contributed by atoms with van der Waals surface area (Å²) >= 11 is 0. The Labute approximate surface area is 224 Å². The minimum Gasteiger partial charge on any atom is -1.00 e. The quantitative estimate of drug-likeness (QED) is 0.303. The molecule has 1 saturated heterocycles. The van der Waals surface area contributed by atoms with Crippen molar-refractivity contribution in [1.29, 1.82) is 0 Å². The van der Waals surface area contributed by atoms with Gasteiger partial charge in [0.15, 0.2) is 11.5 Å². The lowest BCUT2D eigenvalue weighted by molar-refractivity contribution is -0.117. The molecule has 0 bridgehead atoms. The molecule has 1 amide bonds. The van der Waals surface area contributed by atoms with Gasteiger partial charge in [-0.3, -0.25) is 4.79 Å². The number of fused-ring (bicyclic) bond motifs is 1. The van der Waals surface area contributed by atoms with E-state index in [4.69, 9.17) is 14.5 Å². The van der Waals surface area contributed by atoms with E-state index in [1.54, 1.807) is 7.11 Å². The number of ether oxygens (including phenoxy) is 2. The van der Waals surface area contributed by atoms with Crippen LogP contribution in [-0.2, 0) is 17.8 Å². The second-order valence-corrected chi connectivity index (χ2v) is 9.20. The smallest absolute Gasteiger partial charge is 0.227 e. The van der Waals surface area contributed by atoms with E-state index in [2.05, 4.69) is 41.8 Å². The number of rotatable bonds is 10. The lowest BCUT2D eigenvalue weighted by Gasteiger charge is -2.20. The maximum absolute atomic E-state index is 13.1. The summed E-state index contributed by atoms with van der Waals surface area (Å²) in [6.45, 7) is 4.25. The molecule has 0 N–H and O–H groups in total. The van der Waals surface area contributed by atoms with Crippen LogP contribution in [0.5, 0.6) is 11.5 Å². The van der Waals surface area contributed by atoms with Gasteiger partial charge in [0.2, 0.25) is 5.91 Å². The summed E-state index contributed by atoms with van der Waals surface area (Å²) in [6.07, 6.45) is 3.24. The summed E-state index contributed by atoms with van der Waals surface area (Å²) in [6, 6.07) is 24.2. The first-order valence-electron chi connectivity index (χ1n) is 12.8. The monoisotopic (exact) mass is 518 g/mol. The minimum absolute atomic E-state index is 0. The van der Waals surface area contributed by atoms with Crippen LogP contribution in [0, 0.1) is 0 Å². The molecule has 1 atom stereocenters. The highest BCUT2D eigenvalue weighted by molar-refractivity contribution is 5.97. The molecule has 2 heterocycles. The number of halogens is 1. The van der Waals surface area contributed by atoms with Gasteiger partial charge in [-0.05, 0) is 55.2 Å². The largest absolute Gasteiger partial charge is 1.00 e. The molecule has 1 aliphatic rings. The third-order valence-corrected chi connectivity index (χ3v) is 6.94. The van der Waals surface area contributed by atoms with Gasteiger partial charge in [-0.1, -0.05) is 49.4 Å². The molecule has 0 saturated carbocycles. The second-order valence-electron chi connectivity index (χ2n) is 9.20. The number of benzene rings is 3. The molecule has 0 spiro atoms. The van der Waals surface area contributed by atoms with Crippen molar-refractivity contribution in [2.75, 3.05) is 25.2 Å². The zero-order valence-corrected chi connectivity index (χ0v) is 22.2. The highest BCUT2D eigenvalue weighted by Crippen LogP contribution is 2.35. The van der Waals surface area contributed by atoms with Crippen molar-refractivity contribution in [2.45, 2.75) is 45.1 Å². The Bertz CT molecular complexity index is 1350. The molecule has 1 aromatic heterocycles. The van der Waals surface area contributed by atoms with Gasteiger partial charge in [-0.25, -0.2) is 4.98 Å². The first-order valence-corrected chi connectivity index (χ1v) is 12.8. The SMILES string of the molecule is CCc1ccccc1N1CC(c2nc3ccccc3n2CCCCOc2ccccc2OC)CC1=O.[Cl-]. The number of nitrogens with zero attached hydrogens (tertiary/aromatic N) is 3. The molecule has 3 aromatic carbocycles. The number of imidazole rings is 1. The molecule has 7 heteroatoms. The number of methoxy groups -OCH3 is 1. The van der Waals surface area contributed by atoms with Crippen LogP contribution in [0.25, 0.3) is 11.0 Å². The highest BCUT2D eigenvalue weighted by Gasteiger charge is 2.35. The number of aryl methyl sites for hydroxylation is 2. The Balaban J connectivity index is 0.00000320. The molecule has 6 nitrogen and oxygen atoms in total. The van der Waals surface area contributed by atoms with Gasteiger partial charge in [0.05, 0.1) is 24.8 Å². The van der Waals surface area contributed by atoms with Crippen molar-refractivity contribution < 1.29 is 26.7 Å². The normalized spacial score (nSPS) is 15.1. The number of aromatic nitrogens is 2. The van der Waals surface area contributed by atoms with Crippen LogP contribution in [0.1, 0.15) is 43.5 Å². The molecule has 0 radical (unpaired) electrons. The number of anilines is 1. The lowest BCUT2D eigenvalue weighted by atomic mass is 10.1. The van der Waals surface area contributed by atoms with E-state index in [1.807, 2.05) is 47.4 Å². The molecule has 1 aliphatic heterocycles. The van der Waals surface area contributed by atoms with Gasteiger partial charge >= 0.3 is 0 Å². The van der Waals surface area contributed by atoms with E-state index >= 15 is 0 Å². The van der Waals surface area contributed by atoms with Crippen LogP contribution in [0.3, 0.4) is 0 Å². The van der Waals surface area contributed by atoms with Crippen LogP contribution in [0.2, 0.25) is 0 Å². The maximum Gasteiger partial charge on any atom is 0.227 e. The highest BCUT2D eigenvalue weighted by atomic mass is 35.5. The van der Waals surface area contributed by atoms with Gasteiger partial charge in [0.1, 0.15) is 5.82 Å². The molecular formula is C30H33ClN3O3-. The van der Waals surface area contributed by atoms with E-state index in [0.29, 0.717) is 19.6 Å². The third-order valence-electron chi connectivity index (χ3n) is 6.94. The number of amides is 1. The van der Waals surface area contributed by atoms with Gasteiger partial charge in [-0.2, -0.15) is 0 Å². The zero-order valence-electron chi connectivity index (χ0n) is 21.4. The van der Waals surface area contributed by atoms with Crippen molar-refractivity contribution in [2.24, 2.45) is 0 Å². The predicted octanol–water partition coefficient (Wildman–Crippen LogP) is 2.99. The van der Waals surface area contributed by atoms with Crippen molar-refractivity contribution in [3.63, 3.8) is 0 Å². The van der Waals surface area contributed by atoms with Crippen molar-refractivity contribution in [1.82, 2.24) is 9.55 Å². The topological polar surface area (TPSA) is 56.6 Å². The molecular weight excluding hydrogens is 486 g/mol. The van der Waals surface area contributed by atoms with Crippen molar-refractivity contribution in [3.8, 4) is 11.5 Å². The number of carbonyl (C=O) groups is 1. The Morgan fingerprint density at radius 2 is 1.68 bits per heavy atom. The van der Waals surface area contributed by atoms with E-state index < -0.39 is 0 Å². The summed E-state index contributed by atoms with van der Waals surface area (Å²) in [7, 11) is 1.66. The third kappa shape index (κ3) is 5.59. The molecule has 37 heavy (non-hydrogen) atoms. The summed E-state index contributed by atoms with van der Waals surface area (Å²) in [5.41, 5.74) is 4.34. The summed E-state index contributed by atoms with van der Waals surface area (Å²) in [4.78, 5) is 20.1. The fourth-order valence-electron chi connectivity index (χ4n) is 5.12. The Morgan fingerprint density at radius 3 is 2.49 bits per heavy atom. The lowest BCUT2D eigenvalue weighted by Crippen LogP contribution is -3.00. The van der Waals surface area contributed by atoms with E-state index in [9.17, 15) is 4.79 Å². The second kappa shape index (κ2) is 12.2. The minimum atomic E-state index is 0. The van der Waals surface area contributed by atoms with Crippen LogP contribution in [-0.4, -0.2) is 35.7 Å². The Morgan fingerprint density at radius 1 is 0.946 bits per heavy atom. The van der Waals surface area contributed by atoms with Crippen LogP contribution < -0.4 is 26.8 Å². The Kier molecular flexibility index (Phi) is 8.72. The van der Waals surface area contributed by atoms with E-state index in [-0.39, 0.29) is 24.2 Å². The first kappa shape index (κ1) is 26.6. The van der Waals surface area contributed by atoms with Crippen LogP contribution >= 0.6 is 0 Å². The number of hydrogen-bond acceptors (Lipinski definition) is 4. The fourth-order valence-corrected chi connectivity index (χ4v) is 5.12. The fraction of sp³-hybridized carbons (Fsp3) is 0.333. The summed E-state index contributed by atoms with van der Waals surface area (Å²) in [5.74, 6) is 2.77. The molecule has 1 fully saturated rings. The van der Waals surface area contributed by atoms with Gasteiger partial charge in [0.25, 0.3) is 0 Å². The van der Waals surface area contributed by atoms with Gasteiger partial charge < -0.3 is 31.3 Å². The summed E-state index contributed by atoms with van der Waals surface area (Å²) < 4.78 is 13.7. The van der Waals surface area contributed by atoms with Gasteiger partial charge in [0, 0.05) is 31.1 Å². The molecule has 5 rings (SSSR count). The molecule has 194 valence electrons. The molecule has 1 unspecified atom stereocenters. The average Bonchev–Trinajstić information content (AvgIpc) is 3.49. The molecule has 0 aliphatic carbocycles. The number of hydrogen-bond donors (Lipinski definition) is 0. The van der Waals surface area contributed by atoms with Crippen LogP contribution in [0.15, 0.2) is 72.8 Å². The molecule has 4 aromatic rings. The first-order chi connectivity index (χ1) is 17.7. The van der Waals surface area contributed by atoms with Crippen molar-refractivity contribution >= 4 is 22.6 Å². The van der Waals surface area contributed by atoms with E-state index in [1.165, 1.54) is 5.56 Å². The van der Waals surface area contributed by atoms with Crippen LogP contribution in [0.4, 0.5) is 5.69 Å². The standard InChI is InChI=1S/C30H33N3O3.ClH/c1-3-22-12-4-6-14-25(22)33-21-23(20-29(33)34)30-31-24-13-5-7-15-26(24)32(30)18-10-11-19-36-28-17-9-8-16-27(28)35-2;/h4-9,12-17,23H,3,10-11,18-21H2,1-2H3;1H/p-1.